The predicted molar refractivity (Wildman–Crippen MR) is 80.9 cm³/mol. The lowest BCUT2D eigenvalue weighted by Crippen LogP contribution is -2.28. The van der Waals surface area contributed by atoms with Crippen molar-refractivity contribution in [3.63, 3.8) is 0 Å². The van der Waals surface area contributed by atoms with Gasteiger partial charge in [-0.1, -0.05) is 15.9 Å². The van der Waals surface area contributed by atoms with Crippen molar-refractivity contribution in [3.05, 3.63) is 27.7 Å². The molecule has 0 aliphatic carbocycles. The molecule has 1 aliphatic rings. The highest BCUT2D eigenvalue weighted by molar-refractivity contribution is 9.10. The summed E-state index contributed by atoms with van der Waals surface area (Å²) in [6, 6.07) is 4.24. The van der Waals surface area contributed by atoms with E-state index in [4.69, 9.17) is 9.47 Å². The molecule has 1 aromatic rings. The second-order valence-corrected chi connectivity index (χ2v) is 5.86. The molecule has 0 radical (unpaired) electrons. The molecule has 1 aliphatic heterocycles. The summed E-state index contributed by atoms with van der Waals surface area (Å²) < 4.78 is 11.7. The van der Waals surface area contributed by atoms with Gasteiger partial charge in [0.2, 0.25) is 0 Å². The van der Waals surface area contributed by atoms with Crippen molar-refractivity contribution >= 4 is 21.9 Å². The molecule has 1 atom stereocenters. The number of rotatable bonds is 6. The Kier molecular flexibility index (Phi) is 5.43. The quantitative estimate of drug-likeness (QED) is 0.808. The molecule has 0 spiro atoms. The van der Waals surface area contributed by atoms with Crippen molar-refractivity contribution in [2.45, 2.75) is 39.3 Å². The Morgan fingerprint density at radius 3 is 3.10 bits per heavy atom. The fourth-order valence-electron chi connectivity index (χ4n) is 2.30. The van der Waals surface area contributed by atoms with Gasteiger partial charge in [-0.25, -0.2) is 0 Å². The Morgan fingerprint density at radius 1 is 1.55 bits per heavy atom. The summed E-state index contributed by atoms with van der Waals surface area (Å²) in [6.07, 6.45) is 1.34. The monoisotopic (exact) mass is 341 g/mol. The van der Waals surface area contributed by atoms with Crippen LogP contribution >= 0.6 is 15.9 Å². The van der Waals surface area contributed by atoms with Crippen molar-refractivity contribution in [1.82, 2.24) is 5.32 Å². The number of nitrogens with one attached hydrogen (secondary N) is 1. The number of carbonyl (C=O) groups excluding carboxylic acids is 1. The first-order valence-electron chi connectivity index (χ1n) is 6.93. The molecule has 110 valence electrons. The third-order valence-corrected chi connectivity index (χ3v) is 3.70. The highest BCUT2D eigenvalue weighted by Crippen LogP contribution is 2.32. The summed E-state index contributed by atoms with van der Waals surface area (Å²) in [6.45, 7) is 5.66. The zero-order chi connectivity index (χ0) is 14.5. The van der Waals surface area contributed by atoms with E-state index in [2.05, 4.69) is 33.4 Å². The fraction of sp³-hybridized carbons (Fsp3) is 0.533. The Labute approximate surface area is 128 Å². The maximum Gasteiger partial charge on any atom is 0.307 e. The summed E-state index contributed by atoms with van der Waals surface area (Å²) in [5.74, 6) is 0.826. The number of halogens is 1. The van der Waals surface area contributed by atoms with Gasteiger partial charge in [-0.15, -0.1) is 0 Å². The molecule has 0 fully saturated rings. The van der Waals surface area contributed by atoms with Crippen LogP contribution in [0.25, 0.3) is 0 Å². The van der Waals surface area contributed by atoms with E-state index in [1.54, 1.807) is 0 Å². The SMILES string of the molecule is CCOC(=O)CC(C)NCc1cc(Br)cc2c1OCC2. The van der Waals surface area contributed by atoms with Crippen LogP contribution in [0.2, 0.25) is 0 Å². The Bertz CT molecular complexity index is 490. The number of benzene rings is 1. The Morgan fingerprint density at radius 2 is 2.35 bits per heavy atom. The number of hydrogen-bond donors (Lipinski definition) is 1. The predicted octanol–water partition coefficient (Wildman–Crippen LogP) is 2.82. The van der Waals surface area contributed by atoms with E-state index in [-0.39, 0.29) is 12.0 Å². The highest BCUT2D eigenvalue weighted by Gasteiger charge is 2.18. The fourth-order valence-corrected chi connectivity index (χ4v) is 2.86. The molecule has 20 heavy (non-hydrogen) atoms. The number of esters is 1. The molecular formula is C15H20BrNO3. The molecule has 1 heterocycles. The summed E-state index contributed by atoms with van der Waals surface area (Å²) in [4.78, 5) is 11.4. The van der Waals surface area contributed by atoms with Gasteiger partial charge in [0.25, 0.3) is 0 Å². The van der Waals surface area contributed by atoms with Gasteiger partial charge in [-0.3, -0.25) is 4.79 Å². The normalized spacial score (nSPS) is 14.6. The third kappa shape index (κ3) is 3.96. The van der Waals surface area contributed by atoms with E-state index in [0.29, 0.717) is 19.6 Å². The smallest absolute Gasteiger partial charge is 0.307 e. The number of ether oxygens (including phenoxy) is 2. The van der Waals surface area contributed by atoms with Crippen molar-refractivity contribution in [3.8, 4) is 5.75 Å². The van der Waals surface area contributed by atoms with Gasteiger partial charge in [0.15, 0.2) is 0 Å². The van der Waals surface area contributed by atoms with Crippen molar-refractivity contribution < 1.29 is 14.3 Å². The Hall–Kier alpha value is -1.07. The first-order valence-corrected chi connectivity index (χ1v) is 7.72. The second kappa shape index (κ2) is 7.09. The van der Waals surface area contributed by atoms with E-state index in [1.165, 1.54) is 5.56 Å². The Balaban J connectivity index is 1.93. The largest absolute Gasteiger partial charge is 0.493 e. The van der Waals surface area contributed by atoms with Gasteiger partial charge in [-0.05, 0) is 31.5 Å². The van der Waals surface area contributed by atoms with Crippen LogP contribution in [0.4, 0.5) is 0 Å². The number of fused-ring (bicyclic) bond motifs is 1. The van der Waals surface area contributed by atoms with Crippen molar-refractivity contribution in [1.29, 1.82) is 0 Å². The van der Waals surface area contributed by atoms with E-state index in [9.17, 15) is 4.79 Å². The third-order valence-electron chi connectivity index (χ3n) is 3.24. The number of hydrogen-bond acceptors (Lipinski definition) is 4. The maximum atomic E-state index is 11.4. The van der Waals surface area contributed by atoms with Crippen molar-refractivity contribution in [2.24, 2.45) is 0 Å². The van der Waals surface area contributed by atoms with E-state index >= 15 is 0 Å². The van der Waals surface area contributed by atoms with Crippen LogP contribution in [0.15, 0.2) is 16.6 Å². The average Bonchev–Trinajstić information content (AvgIpc) is 2.84. The zero-order valence-electron chi connectivity index (χ0n) is 11.9. The lowest BCUT2D eigenvalue weighted by atomic mass is 10.1. The van der Waals surface area contributed by atoms with Crippen LogP contribution in [0.5, 0.6) is 5.75 Å². The minimum atomic E-state index is -0.164. The molecule has 5 heteroatoms. The summed E-state index contributed by atoms with van der Waals surface area (Å²) >= 11 is 3.53. The second-order valence-electron chi connectivity index (χ2n) is 4.94. The molecule has 1 aromatic carbocycles. The first kappa shape index (κ1) is 15.3. The van der Waals surface area contributed by atoms with Crippen LogP contribution < -0.4 is 10.1 Å². The van der Waals surface area contributed by atoms with E-state index < -0.39 is 0 Å². The topological polar surface area (TPSA) is 47.6 Å². The lowest BCUT2D eigenvalue weighted by molar-refractivity contribution is -0.143. The molecular weight excluding hydrogens is 322 g/mol. The summed E-state index contributed by atoms with van der Waals surface area (Å²) in [7, 11) is 0. The van der Waals surface area contributed by atoms with Gasteiger partial charge < -0.3 is 14.8 Å². The molecule has 1 unspecified atom stereocenters. The molecule has 0 aromatic heterocycles. The molecule has 2 rings (SSSR count). The number of carbonyl (C=O) groups is 1. The molecule has 0 saturated heterocycles. The summed E-state index contributed by atoms with van der Waals surface area (Å²) in [5.41, 5.74) is 2.37. The highest BCUT2D eigenvalue weighted by atomic mass is 79.9. The van der Waals surface area contributed by atoms with Crippen LogP contribution in [0.3, 0.4) is 0 Å². The minimum absolute atomic E-state index is 0.0742. The molecule has 4 nitrogen and oxygen atoms in total. The first-order chi connectivity index (χ1) is 9.60. The standard InChI is InChI=1S/C15H20BrNO3/c1-3-19-14(18)6-10(2)17-9-12-8-13(16)7-11-4-5-20-15(11)12/h7-8,10,17H,3-6,9H2,1-2H3. The lowest BCUT2D eigenvalue weighted by Gasteiger charge is -2.15. The van der Waals surface area contributed by atoms with Crippen LogP contribution in [0, 0.1) is 0 Å². The molecule has 0 amide bonds. The maximum absolute atomic E-state index is 11.4. The van der Waals surface area contributed by atoms with Gasteiger partial charge in [0.1, 0.15) is 5.75 Å². The van der Waals surface area contributed by atoms with Gasteiger partial charge >= 0.3 is 5.97 Å². The van der Waals surface area contributed by atoms with Gasteiger partial charge in [0.05, 0.1) is 19.6 Å². The van der Waals surface area contributed by atoms with Gasteiger partial charge in [0, 0.05) is 29.0 Å². The zero-order valence-corrected chi connectivity index (χ0v) is 13.5. The summed E-state index contributed by atoms with van der Waals surface area (Å²) in [5, 5.41) is 3.34. The van der Waals surface area contributed by atoms with Crippen LogP contribution in [0.1, 0.15) is 31.4 Å². The van der Waals surface area contributed by atoms with Crippen LogP contribution in [-0.2, 0) is 22.5 Å². The molecule has 1 N–H and O–H groups in total. The van der Waals surface area contributed by atoms with E-state index in [1.807, 2.05) is 13.8 Å². The molecule has 0 saturated carbocycles. The average molecular weight is 342 g/mol. The molecule has 0 bridgehead atoms. The van der Waals surface area contributed by atoms with Crippen LogP contribution in [-0.4, -0.2) is 25.2 Å². The van der Waals surface area contributed by atoms with Gasteiger partial charge in [-0.2, -0.15) is 0 Å². The minimum Gasteiger partial charge on any atom is -0.493 e. The van der Waals surface area contributed by atoms with Crippen molar-refractivity contribution in [2.75, 3.05) is 13.2 Å². The van der Waals surface area contributed by atoms with E-state index in [0.717, 1.165) is 28.8 Å².